The number of fused-ring (bicyclic) bond motifs is 2. The van der Waals surface area contributed by atoms with Crippen LogP contribution in [0.3, 0.4) is 0 Å². The maximum atomic E-state index is 12.7. The van der Waals surface area contributed by atoms with Gasteiger partial charge in [0.05, 0.1) is 12.5 Å². The van der Waals surface area contributed by atoms with E-state index in [-0.39, 0.29) is 23.8 Å². The van der Waals surface area contributed by atoms with Crippen LogP contribution in [0.2, 0.25) is 0 Å². The van der Waals surface area contributed by atoms with Crippen LogP contribution in [0.4, 0.5) is 0 Å². The average molecular weight is 336 g/mol. The molecule has 0 fully saturated rings. The lowest BCUT2D eigenvalue weighted by molar-refractivity contribution is -0.123. The molecule has 2 aliphatic heterocycles. The van der Waals surface area contributed by atoms with Crippen LogP contribution in [0, 0.1) is 0 Å². The van der Waals surface area contributed by atoms with E-state index in [1.165, 1.54) is 5.56 Å². The van der Waals surface area contributed by atoms with Gasteiger partial charge in [-0.05, 0) is 29.2 Å². The Kier molecular flexibility index (Phi) is 4.24. The Morgan fingerprint density at radius 1 is 1.12 bits per heavy atom. The highest BCUT2D eigenvalue weighted by Crippen LogP contribution is 2.27. The van der Waals surface area contributed by atoms with Gasteiger partial charge in [0.15, 0.2) is 0 Å². The summed E-state index contributed by atoms with van der Waals surface area (Å²) in [6, 6.07) is 15.5. The standard InChI is InChI=1S/C20H20N2O3/c23-19-16-8-4-3-7-15(16)17(11-21-19)20(24)22-12-18-14-6-2-1-5-13(14)9-10-25-18/h1-8,17-18H,9-12H2,(H,21,23)(H,22,24). The van der Waals surface area contributed by atoms with Crippen LogP contribution in [0.15, 0.2) is 48.5 Å². The molecule has 5 nitrogen and oxygen atoms in total. The number of hydrogen-bond acceptors (Lipinski definition) is 3. The first-order valence-corrected chi connectivity index (χ1v) is 8.58. The Morgan fingerprint density at radius 3 is 2.76 bits per heavy atom. The maximum Gasteiger partial charge on any atom is 0.251 e. The highest BCUT2D eigenvalue weighted by atomic mass is 16.5. The molecule has 2 aromatic rings. The molecule has 4 rings (SSSR count). The molecule has 0 bridgehead atoms. The lowest BCUT2D eigenvalue weighted by atomic mass is 9.89. The summed E-state index contributed by atoms with van der Waals surface area (Å²) >= 11 is 0. The Morgan fingerprint density at radius 2 is 1.88 bits per heavy atom. The molecule has 5 heteroatoms. The predicted molar refractivity (Wildman–Crippen MR) is 93.4 cm³/mol. The highest BCUT2D eigenvalue weighted by Gasteiger charge is 2.30. The monoisotopic (exact) mass is 336 g/mol. The van der Waals surface area contributed by atoms with E-state index in [4.69, 9.17) is 4.74 Å². The molecular formula is C20H20N2O3. The molecule has 0 spiro atoms. The number of carbonyl (C=O) groups is 2. The second-order valence-corrected chi connectivity index (χ2v) is 6.40. The zero-order valence-electron chi connectivity index (χ0n) is 13.8. The van der Waals surface area contributed by atoms with Crippen molar-refractivity contribution in [2.24, 2.45) is 0 Å². The molecule has 2 aliphatic rings. The van der Waals surface area contributed by atoms with Crippen molar-refractivity contribution in [3.8, 4) is 0 Å². The third-order valence-corrected chi connectivity index (χ3v) is 4.92. The molecule has 0 aliphatic carbocycles. The molecule has 2 unspecified atom stereocenters. The van der Waals surface area contributed by atoms with Gasteiger partial charge in [-0.1, -0.05) is 42.5 Å². The van der Waals surface area contributed by atoms with E-state index >= 15 is 0 Å². The largest absolute Gasteiger partial charge is 0.371 e. The van der Waals surface area contributed by atoms with E-state index in [9.17, 15) is 9.59 Å². The summed E-state index contributed by atoms with van der Waals surface area (Å²) in [5.74, 6) is -0.573. The van der Waals surface area contributed by atoms with Crippen molar-refractivity contribution >= 4 is 11.8 Å². The maximum absolute atomic E-state index is 12.7. The number of ether oxygens (including phenoxy) is 1. The quantitative estimate of drug-likeness (QED) is 0.900. The molecule has 25 heavy (non-hydrogen) atoms. The lowest BCUT2D eigenvalue weighted by Crippen LogP contribution is -2.43. The van der Waals surface area contributed by atoms with Crippen LogP contribution in [0.25, 0.3) is 0 Å². The van der Waals surface area contributed by atoms with Crippen LogP contribution in [-0.2, 0) is 16.0 Å². The third-order valence-electron chi connectivity index (χ3n) is 4.92. The van der Waals surface area contributed by atoms with Crippen molar-refractivity contribution < 1.29 is 14.3 Å². The fourth-order valence-corrected chi connectivity index (χ4v) is 3.60. The number of benzene rings is 2. The summed E-state index contributed by atoms with van der Waals surface area (Å²) < 4.78 is 5.84. The highest BCUT2D eigenvalue weighted by molar-refractivity contribution is 6.00. The third kappa shape index (κ3) is 3.03. The molecular weight excluding hydrogens is 316 g/mol. The van der Waals surface area contributed by atoms with Crippen LogP contribution in [0.1, 0.15) is 39.1 Å². The van der Waals surface area contributed by atoms with Gasteiger partial charge in [-0.25, -0.2) is 0 Å². The van der Waals surface area contributed by atoms with E-state index in [0.717, 1.165) is 17.5 Å². The van der Waals surface area contributed by atoms with Crippen molar-refractivity contribution in [2.45, 2.75) is 18.4 Å². The number of rotatable bonds is 3. The summed E-state index contributed by atoms with van der Waals surface area (Å²) in [6.07, 6.45) is 0.783. The first kappa shape index (κ1) is 15.8. The SMILES string of the molecule is O=C1NCC(C(=O)NCC2OCCc3ccccc32)c2ccccc21. The van der Waals surface area contributed by atoms with Crippen molar-refractivity contribution in [3.05, 3.63) is 70.8 Å². The summed E-state index contributed by atoms with van der Waals surface area (Å²) in [4.78, 5) is 24.6. The topological polar surface area (TPSA) is 67.4 Å². The fourth-order valence-electron chi connectivity index (χ4n) is 3.60. The molecule has 2 heterocycles. The Balaban J connectivity index is 1.47. The van der Waals surface area contributed by atoms with Gasteiger partial charge in [0.25, 0.3) is 5.91 Å². The molecule has 0 radical (unpaired) electrons. The molecule has 2 N–H and O–H groups in total. The summed E-state index contributed by atoms with van der Waals surface area (Å²) in [6.45, 7) is 1.42. The minimum absolute atomic E-state index is 0.0842. The van der Waals surface area contributed by atoms with E-state index in [0.29, 0.717) is 25.3 Å². The Labute approximate surface area is 146 Å². The van der Waals surface area contributed by atoms with Gasteiger partial charge >= 0.3 is 0 Å². The Bertz CT molecular complexity index is 818. The molecule has 128 valence electrons. The van der Waals surface area contributed by atoms with E-state index in [1.54, 1.807) is 6.07 Å². The fraction of sp³-hybridized carbons (Fsp3) is 0.300. The van der Waals surface area contributed by atoms with Gasteiger partial charge in [-0.15, -0.1) is 0 Å². The van der Waals surface area contributed by atoms with Gasteiger partial charge in [0, 0.05) is 18.7 Å². The average Bonchev–Trinajstić information content (AvgIpc) is 2.66. The minimum atomic E-state index is -0.368. The van der Waals surface area contributed by atoms with Crippen molar-refractivity contribution in [2.75, 3.05) is 19.7 Å². The van der Waals surface area contributed by atoms with Crippen molar-refractivity contribution in [3.63, 3.8) is 0 Å². The second kappa shape index (κ2) is 6.69. The van der Waals surface area contributed by atoms with Crippen LogP contribution in [0.5, 0.6) is 0 Å². The second-order valence-electron chi connectivity index (χ2n) is 6.40. The molecule has 2 aromatic carbocycles. The zero-order valence-corrected chi connectivity index (χ0v) is 13.8. The van der Waals surface area contributed by atoms with Crippen molar-refractivity contribution in [1.82, 2.24) is 10.6 Å². The minimum Gasteiger partial charge on any atom is -0.371 e. The summed E-state index contributed by atoms with van der Waals surface area (Å²) in [7, 11) is 0. The smallest absolute Gasteiger partial charge is 0.251 e. The van der Waals surface area contributed by atoms with Gasteiger partial charge < -0.3 is 15.4 Å². The Hall–Kier alpha value is -2.66. The van der Waals surface area contributed by atoms with Gasteiger partial charge in [0.2, 0.25) is 5.91 Å². The van der Waals surface area contributed by atoms with E-state index in [1.807, 2.05) is 30.3 Å². The summed E-state index contributed by atoms with van der Waals surface area (Å²) in [5.41, 5.74) is 3.79. The van der Waals surface area contributed by atoms with Gasteiger partial charge in [-0.2, -0.15) is 0 Å². The van der Waals surface area contributed by atoms with Gasteiger partial charge in [-0.3, -0.25) is 9.59 Å². The first-order valence-electron chi connectivity index (χ1n) is 8.58. The predicted octanol–water partition coefficient (Wildman–Crippen LogP) is 1.94. The van der Waals surface area contributed by atoms with E-state index in [2.05, 4.69) is 22.8 Å². The molecule has 2 amide bonds. The summed E-state index contributed by atoms with van der Waals surface area (Å²) in [5, 5.41) is 5.80. The van der Waals surface area contributed by atoms with Crippen LogP contribution in [-0.4, -0.2) is 31.5 Å². The lowest BCUT2D eigenvalue weighted by Gasteiger charge is -2.28. The number of carbonyl (C=O) groups excluding carboxylic acids is 2. The van der Waals surface area contributed by atoms with Crippen LogP contribution < -0.4 is 10.6 Å². The normalized spacial score (nSPS) is 21.7. The number of nitrogens with one attached hydrogen (secondary N) is 2. The first-order chi connectivity index (χ1) is 12.2. The number of hydrogen-bond donors (Lipinski definition) is 2. The molecule has 0 saturated heterocycles. The molecule has 2 atom stereocenters. The molecule has 0 aromatic heterocycles. The van der Waals surface area contributed by atoms with E-state index < -0.39 is 0 Å². The number of amides is 2. The molecule has 0 saturated carbocycles. The van der Waals surface area contributed by atoms with Crippen LogP contribution >= 0.6 is 0 Å². The van der Waals surface area contributed by atoms with Crippen molar-refractivity contribution in [1.29, 1.82) is 0 Å². The van der Waals surface area contributed by atoms with Gasteiger partial charge in [0.1, 0.15) is 6.10 Å². The zero-order chi connectivity index (χ0) is 17.2.